The van der Waals surface area contributed by atoms with Gasteiger partial charge >= 0.3 is 0 Å². The molecule has 1 aliphatic carbocycles. The molecule has 2 aliphatic rings. The summed E-state index contributed by atoms with van der Waals surface area (Å²) in [6.45, 7) is 0.225. The van der Waals surface area contributed by atoms with Crippen LogP contribution in [-0.2, 0) is 10.2 Å². The van der Waals surface area contributed by atoms with E-state index in [1.807, 2.05) is 36.4 Å². The molecule has 6 heteroatoms. The van der Waals surface area contributed by atoms with Crippen molar-refractivity contribution in [1.82, 2.24) is 4.98 Å². The first-order valence-electron chi connectivity index (χ1n) is 8.46. The first-order valence-corrected chi connectivity index (χ1v) is 8.46. The maximum Gasteiger partial charge on any atom is 0.236 e. The fourth-order valence-electron chi connectivity index (χ4n) is 3.28. The summed E-state index contributed by atoms with van der Waals surface area (Å²) < 4.78 is 15.9. The lowest BCUT2D eigenvalue weighted by Gasteiger charge is -2.16. The number of hydrogen-bond acceptors (Lipinski definition) is 5. The number of benzene rings is 1. The lowest BCUT2D eigenvalue weighted by atomic mass is 9.94. The van der Waals surface area contributed by atoms with Gasteiger partial charge in [0.05, 0.1) is 23.6 Å². The number of furan rings is 1. The zero-order valence-corrected chi connectivity index (χ0v) is 13.9. The Morgan fingerprint density at radius 2 is 1.96 bits per heavy atom. The van der Waals surface area contributed by atoms with Crippen molar-refractivity contribution in [3.8, 4) is 22.8 Å². The average Bonchev–Trinajstić information content (AvgIpc) is 3.08. The highest BCUT2D eigenvalue weighted by molar-refractivity contribution is 6.01. The second-order valence-electron chi connectivity index (χ2n) is 6.52. The summed E-state index contributed by atoms with van der Waals surface area (Å²) in [5.41, 5.74) is 2.06. The second-order valence-corrected chi connectivity index (χ2v) is 6.52. The lowest BCUT2D eigenvalue weighted by molar-refractivity contribution is -0.118. The number of nitrogens with one attached hydrogen (secondary N) is 1. The summed E-state index contributed by atoms with van der Waals surface area (Å²) in [4.78, 5) is 17.5. The highest BCUT2D eigenvalue weighted by Gasteiger charge is 2.51. The quantitative estimate of drug-likeness (QED) is 0.777. The van der Waals surface area contributed by atoms with Crippen molar-refractivity contribution in [3.05, 3.63) is 60.6 Å². The fraction of sp³-hybridized carbons (Fsp3) is 0.200. The van der Waals surface area contributed by atoms with Crippen molar-refractivity contribution in [2.24, 2.45) is 0 Å². The number of nitrogens with zero attached hydrogens (tertiary/aromatic N) is 1. The van der Waals surface area contributed by atoms with Crippen LogP contribution in [0.4, 0.5) is 5.82 Å². The molecular weight excluding hydrogens is 332 g/mol. The minimum Gasteiger partial charge on any atom is -0.472 e. The van der Waals surface area contributed by atoms with E-state index in [9.17, 15) is 4.79 Å². The number of pyridine rings is 1. The van der Waals surface area contributed by atoms with E-state index in [2.05, 4.69) is 10.3 Å². The Hall–Kier alpha value is -3.28. The van der Waals surface area contributed by atoms with E-state index in [4.69, 9.17) is 13.9 Å². The molecule has 0 bridgehead atoms. The van der Waals surface area contributed by atoms with Gasteiger partial charge in [0.25, 0.3) is 0 Å². The minimum absolute atomic E-state index is 0.0480. The van der Waals surface area contributed by atoms with Crippen molar-refractivity contribution in [3.63, 3.8) is 0 Å². The normalized spacial score (nSPS) is 16.3. The van der Waals surface area contributed by atoms with Gasteiger partial charge in [0.1, 0.15) is 5.82 Å². The zero-order valence-electron chi connectivity index (χ0n) is 13.9. The Morgan fingerprint density at radius 1 is 1.08 bits per heavy atom. The van der Waals surface area contributed by atoms with E-state index in [0.29, 0.717) is 11.6 Å². The number of ether oxygens (including phenoxy) is 2. The van der Waals surface area contributed by atoms with Crippen molar-refractivity contribution in [2.75, 3.05) is 12.1 Å². The van der Waals surface area contributed by atoms with Crippen LogP contribution in [0.5, 0.6) is 11.5 Å². The van der Waals surface area contributed by atoms with Crippen LogP contribution in [0, 0.1) is 0 Å². The van der Waals surface area contributed by atoms with Crippen molar-refractivity contribution >= 4 is 11.7 Å². The monoisotopic (exact) mass is 348 g/mol. The van der Waals surface area contributed by atoms with Crippen molar-refractivity contribution in [2.45, 2.75) is 18.3 Å². The van der Waals surface area contributed by atoms with Crippen molar-refractivity contribution < 1.29 is 18.7 Å². The molecule has 1 aromatic carbocycles. The molecule has 2 aromatic heterocycles. The smallest absolute Gasteiger partial charge is 0.236 e. The molecule has 5 rings (SSSR count). The van der Waals surface area contributed by atoms with Crippen LogP contribution in [0.1, 0.15) is 18.4 Å². The number of fused-ring (bicyclic) bond motifs is 1. The van der Waals surface area contributed by atoms with E-state index in [1.54, 1.807) is 18.6 Å². The van der Waals surface area contributed by atoms with Gasteiger partial charge in [-0.05, 0) is 48.7 Å². The standard InChI is InChI=1S/C20H16N2O4/c23-19(22-18-3-1-2-15(21-18)13-6-9-24-11-13)20(7-8-20)14-4-5-16-17(10-14)26-12-25-16/h1-6,9-11H,7-8,12H2,(H,21,22,23). The molecule has 6 nitrogen and oxygen atoms in total. The number of carbonyl (C=O) groups excluding carboxylic acids is 1. The van der Waals surface area contributed by atoms with Gasteiger partial charge in [-0.2, -0.15) is 0 Å². The number of carbonyl (C=O) groups is 1. The van der Waals surface area contributed by atoms with E-state index >= 15 is 0 Å². The number of aromatic nitrogens is 1. The lowest BCUT2D eigenvalue weighted by Crippen LogP contribution is -2.28. The van der Waals surface area contributed by atoms with Gasteiger partial charge in [-0.3, -0.25) is 4.79 Å². The fourth-order valence-corrected chi connectivity index (χ4v) is 3.28. The van der Waals surface area contributed by atoms with Gasteiger partial charge in [-0.25, -0.2) is 4.98 Å². The van der Waals surface area contributed by atoms with Gasteiger partial charge in [0.15, 0.2) is 11.5 Å². The Morgan fingerprint density at radius 3 is 2.77 bits per heavy atom. The Kier molecular flexibility index (Phi) is 3.25. The summed E-state index contributed by atoms with van der Waals surface area (Å²) >= 11 is 0. The largest absolute Gasteiger partial charge is 0.472 e. The molecule has 1 aliphatic heterocycles. The molecule has 1 fully saturated rings. The predicted molar refractivity (Wildman–Crippen MR) is 94.0 cm³/mol. The first-order chi connectivity index (χ1) is 12.7. The van der Waals surface area contributed by atoms with E-state index < -0.39 is 5.41 Å². The predicted octanol–water partition coefficient (Wildman–Crippen LogP) is 3.74. The van der Waals surface area contributed by atoms with Gasteiger partial charge < -0.3 is 19.2 Å². The molecule has 0 saturated heterocycles. The molecule has 26 heavy (non-hydrogen) atoms. The maximum atomic E-state index is 13.0. The molecule has 130 valence electrons. The molecular formula is C20H16N2O4. The molecule has 3 aromatic rings. The van der Waals surface area contributed by atoms with Crippen molar-refractivity contribution in [1.29, 1.82) is 0 Å². The molecule has 1 N–H and O–H groups in total. The maximum absolute atomic E-state index is 13.0. The van der Waals surface area contributed by atoms with E-state index in [1.165, 1.54) is 0 Å². The third-order valence-electron chi connectivity index (χ3n) is 4.92. The SMILES string of the molecule is O=C(Nc1cccc(-c2ccoc2)n1)C1(c2ccc3c(c2)OCO3)CC1. The zero-order chi connectivity index (χ0) is 17.6. The molecule has 3 heterocycles. The van der Waals surface area contributed by atoms with Gasteiger partial charge in [0, 0.05) is 5.56 Å². The molecule has 0 spiro atoms. The third-order valence-corrected chi connectivity index (χ3v) is 4.92. The molecule has 0 radical (unpaired) electrons. The highest BCUT2D eigenvalue weighted by Crippen LogP contribution is 2.51. The number of anilines is 1. The molecule has 0 atom stereocenters. The Balaban J connectivity index is 1.40. The highest BCUT2D eigenvalue weighted by atomic mass is 16.7. The van der Waals surface area contributed by atoms with E-state index in [-0.39, 0.29) is 12.7 Å². The van der Waals surface area contributed by atoms with Gasteiger partial charge in [-0.15, -0.1) is 0 Å². The van der Waals surface area contributed by atoms with Gasteiger partial charge in [0.2, 0.25) is 12.7 Å². The van der Waals surface area contributed by atoms with Crippen LogP contribution in [0.25, 0.3) is 11.3 Å². The number of hydrogen-bond donors (Lipinski definition) is 1. The number of rotatable bonds is 4. The Bertz CT molecular complexity index is 977. The topological polar surface area (TPSA) is 73.6 Å². The van der Waals surface area contributed by atoms with Crippen LogP contribution in [-0.4, -0.2) is 17.7 Å². The van der Waals surface area contributed by atoms with Crippen LogP contribution < -0.4 is 14.8 Å². The van der Waals surface area contributed by atoms with Crippen LogP contribution in [0.15, 0.2) is 59.4 Å². The molecule has 0 unspecified atom stereocenters. The average molecular weight is 348 g/mol. The summed E-state index contributed by atoms with van der Waals surface area (Å²) in [6.07, 6.45) is 4.84. The van der Waals surface area contributed by atoms with Crippen LogP contribution in [0.2, 0.25) is 0 Å². The molecule has 1 amide bonds. The summed E-state index contributed by atoms with van der Waals surface area (Å²) in [5.74, 6) is 1.90. The first kappa shape index (κ1) is 15.0. The summed E-state index contributed by atoms with van der Waals surface area (Å²) in [5, 5.41) is 2.96. The molecule has 1 saturated carbocycles. The second kappa shape index (κ2) is 5.62. The number of amides is 1. The Labute approximate surface area is 149 Å². The minimum atomic E-state index is -0.520. The van der Waals surface area contributed by atoms with E-state index in [0.717, 1.165) is 35.4 Å². The summed E-state index contributed by atoms with van der Waals surface area (Å²) in [6, 6.07) is 13.1. The van der Waals surface area contributed by atoms with Gasteiger partial charge in [-0.1, -0.05) is 12.1 Å². The van der Waals surface area contributed by atoms with Crippen LogP contribution in [0.3, 0.4) is 0 Å². The van der Waals surface area contributed by atoms with Crippen LogP contribution >= 0.6 is 0 Å². The summed E-state index contributed by atoms with van der Waals surface area (Å²) in [7, 11) is 0. The third kappa shape index (κ3) is 2.42.